The molecular weight excluding hydrogens is 448 g/mol. The predicted molar refractivity (Wildman–Crippen MR) is 131 cm³/mol. The second-order valence-corrected chi connectivity index (χ2v) is 10.0. The molecule has 34 heavy (non-hydrogen) atoms. The molecule has 0 aromatic heterocycles. The van der Waals surface area contributed by atoms with Gasteiger partial charge in [0.25, 0.3) is 15.9 Å². The van der Waals surface area contributed by atoms with Crippen LogP contribution >= 0.6 is 0 Å². The number of para-hydroxylation sites is 1. The summed E-state index contributed by atoms with van der Waals surface area (Å²) < 4.78 is 28.0. The van der Waals surface area contributed by atoms with E-state index < -0.39 is 10.0 Å². The molecule has 4 rings (SSSR count). The molecule has 1 amide bonds. The lowest BCUT2D eigenvalue weighted by Crippen LogP contribution is -2.49. The molecule has 0 saturated carbocycles. The second-order valence-electron chi connectivity index (χ2n) is 8.07. The molecule has 0 radical (unpaired) electrons. The third-order valence-corrected chi connectivity index (χ3v) is 7.92. The molecule has 1 aliphatic heterocycles. The number of benzene rings is 3. The molecule has 0 aliphatic carbocycles. The van der Waals surface area contributed by atoms with E-state index in [0.717, 1.165) is 5.56 Å². The number of carbonyl (C=O) groups is 1. The standard InChI is InChI=1S/C26H26N4O3S/c1-28(22-12-6-3-7-13-22)34(32,33)25-15-9-8-14-23(25)26(31)30-18-16-29(17-19-30)24(20-27)21-10-4-2-5-11-21/h2-15,24H,16-19H2,1H3. The van der Waals surface area contributed by atoms with Crippen molar-refractivity contribution in [3.8, 4) is 6.07 Å². The van der Waals surface area contributed by atoms with Gasteiger partial charge in [0.15, 0.2) is 0 Å². The number of piperazine rings is 1. The SMILES string of the molecule is CN(c1ccccc1)S(=O)(=O)c1ccccc1C(=O)N1CCN(C(C#N)c2ccccc2)CC1. The predicted octanol–water partition coefficient (Wildman–Crippen LogP) is 3.53. The Morgan fingerprint density at radius 2 is 1.44 bits per heavy atom. The van der Waals surface area contributed by atoms with Crippen LogP contribution in [0.1, 0.15) is 22.0 Å². The van der Waals surface area contributed by atoms with Crippen molar-refractivity contribution in [2.45, 2.75) is 10.9 Å². The van der Waals surface area contributed by atoms with E-state index in [0.29, 0.717) is 31.9 Å². The molecule has 0 N–H and O–H groups in total. The van der Waals surface area contributed by atoms with Crippen molar-refractivity contribution in [1.82, 2.24) is 9.80 Å². The van der Waals surface area contributed by atoms with Gasteiger partial charge in [0.2, 0.25) is 0 Å². The van der Waals surface area contributed by atoms with Crippen molar-refractivity contribution in [1.29, 1.82) is 5.26 Å². The Bertz CT molecular complexity index is 1280. The highest BCUT2D eigenvalue weighted by molar-refractivity contribution is 7.92. The average Bonchev–Trinajstić information content (AvgIpc) is 2.90. The molecule has 8 heteroatoms. The number of hydrogen-bond donors (Lipinski definition) is 0. The third-order valence-electron chi connectivity index (χ3n) is 6.08. The molecule has 174 valence electrons. The fourth-order valence-corrected chi connectivity index (χ4v) is 5.53. The number of carbonyl (C=O) groups excluding carboxylic acids is 1. The van der Waals surface area contributed by atoms with Crippen LogP contribution in [0.15, 0.2) is 89.8 Å². The summed E-state index contributed by atoms with van der Waals surface area (Å²) in [5, 5.41) is 9.71. The van der Waals surface area contributed by atoms with E-state index in [1.807, 2.05) is 41.3 Å². The summed E-state index contributed by atoms with van der Waals surface area (Å²) in [5.41, 5.74) is 1.59. The van der Waals surface area contributed by atoms with Crippen LogP contribution in [0.4, 0.5) is 5.69 Å². The summed E-state index contributed by atoms with van der Waals surface area (Å²) in [6.45, 7) is 1.87. The van der Waals surface area contributed by atoms with Gasteiger partial charge in [-0.25, -0.2) is 8.42 Å². The van der Waals surface area contributed by atoms with Crippen LogP contribution in [0, 0.1) is 11.3 Å². The molecule has 0 bridgehead atoms. The molecule has 3 aromatic rings. The zero-order valence-corrected chi connectivity index (χ0v) is 19.7. The first-order valence-electron chi connectivity index (χ1n) is 11.0. The minimum Gasteiger partial charge on any atom is -0.336 e. The summed E-state index contributed by atoms with van der Waals surface area (Å²) in [6.07, 6.45) is 0. The molecule has 3 aromatic carbocycles. The van der Waals surface area contributed by atoms with Gasteiger partial charge in [0.1, 0.15) is 10.9 Å². The maximum Gasteiger partial charge on any atom is 0.264 e. The first kappa shape index (κ1) is 23.5. The Labute approximate surface area is 200 Å². The summed E-state index contributed by atoms with van der Waals surface area (Å²) in [7, 11) is -2.46. The fourth-order valence-electron chi connectivity index (χ4n) is 4.15. The van der Waals surface area contributed by atoms with Crippen LogP contribution in [0.5, 0.6) is 0 Å². The summed E-state index contributed by atoms with van der Waals surface area (Å²) in [6, 6.07) is 26.6. The maximum absolute atomic E-state index is 13.4. The average molecular weight is 475 g/mol. The van der Waals surface area contributed by atoms with E-state index in [9.17, 15) is 18.5 Å². The zero-order chi connectivity index (χ0) is 24.1. The van der Waals surface area contributed by atoms with Crippen LogP contribution in [-0.4, -0.2) is 57.4 Å². The van der Waals surface area contributed by atoms with Crippen molar-refractivity contribution in [2.24, 2.45) is 0 Å². The first-order valence-corrected chi connectivity index (χ1v) is 12.5. The quantitative estimate of drug-likeness (QED) is 0.546. The molecule has 1 unspecified atom stereocenters. The van der Waals surface area contributed by atoms with Crippen molar-refractivity contribution in [3.05, 3.63) is 96.1 Å². The van der Waals surface area contributed by atoms with Crippen molar-refractivity contribution in [3.63, 3.8) is 0 Å². The van der Waals surface area contributed by atoms with E-state index in [2.05, 4.69) is 6.07 Å². The Hall–Kier alpha value is -3.67. The van der Waals surface area contributed by atoms with Crippen molar-refractivity contribution >= 4 is 21.6 Å². The lowest BCUT2D eigenvalue weighted by atomic mass is 10.1. The van der Waals surface area contributed by atoms with Gasteiger partial charge < -0.3 is 4.90 Å². The van der Waals surface area contributed by atoms with Gasteiger partial charge in [-0.1, -0.05) is 60.7 Å². The van der Waals surface area contributed by atoms with Crippen LogP contribution in [0.3, 0.4) is 0 Å². The van der Waals surface area contributed by atoms with Gasteiger partial charge in [-0.3, -0.25) is 14.0 Å². The van der Waals surface area contributed by atoms with Crippen LogP contribution in [-0.2, 0) is 10.0 Å². The number of amides is 1. The van der Waals surface area contributed by atoms with Gasteiger partial charge in [0, 0.05) is 33.2 Å². The van der Waals surface area contributed by atoms with E-state index in [1.54, 1.807) is 47.4 Å². The lowest BCUT2D eigenvalue weighted by Gasteiger charge is -2.37. The van der Waals surface area contributed by atoms with Crippen LogP contribution in [0.2, 0.25) is 0 Å². The maximum atomic E-state index is 13.4. The Balaban J connectivity index is 1.53. The van der Waals surface area contributed by atoms with E-state index in [4.69, 9.17) is 0 Å². The molecule has 7 nitrogen and oxygen atoms in total. The van der Waals surface area contributed by atoms with E-state index in [-0.39, 0.29) is 22.4 Å². The Morgan fingerprint density at radius 3 is 2.06 bits per heavy atom. The van der Waals surface area contributed by atoms with Crippen LogP contribution < -0.4 is 4.31 Å². The number of anilines is 1. The van der Waals surface area contributed by atoms with Crippen molar-refractivity contribution in [2.75, 3.05) is 37.5 Å². The molecule has 1 saturated heterocycles. The molecule has 1 heterocycles. The summed E-state index contributed by atoms with van der Waals surface area (Å²) >= 11 is 0. The highest BCUT2D eigenvalue weighted by Crippen LogP contribution is 2.26. The fraction of sp³-hybridized carbons (Fsp3) is 0.231. The number of hydrogen-bond acceptors (Lipinski definition) is 5. The topological polar surface area (TPSA) is 84.7 Å². The van der Waals surface area contributed by atoms with Gasteiger partial charge in [-0.05, 0) is 29.8 Å². The van der Waals surface area contributed by atoms with Gasteiger partial charge in [0.05, 0.1) is 17.3 Å². The Kier molecular flexibility index (Phi) is 6.96. The highest BCUT2D eigenvalue weighted by atomic mass is 32.2. The lowest BCUT2D eigenvalue weighted by molar-refractivity contribution is 0.0602. The van der Waals surface area contributed by atoms with Crippen LogP contribution in [0.25, 0.3) is 0 Å². The molecule has 1 aliphatic rings. The highest BCUT2D eigenvalue weighted by Gasteiger charge is 2.31. The minimum absolute atomic E-state index is 0.0204. The molecular formula is C26H26N4O3S. The van der Waals surface area contributed by atoms with Crippen molar-refractivity contribution < 1.29 is 13.2 Å². The molecule has 1 atom stereocenters. The van der Waals surface area contributed by atoms with Gasteiger partial charge in [-0.2, -0.15) is 5.26 Å². The molecule has 0 spiro atoms. The number of sulfonamides is 1. The first-order chi connectivity index (χ1) is 16.4. The molecule has 1 fully saturated rings. The van der Waals surface area contributed by atoms with Gasteiger partial charge >= 0.3 is 0 Å². The zero-order valence-electron chi connectivity index (χ0n) is 18.9. The number of nitrogens with zero attached hydrogens (tertiary/aromatic N) is 4. The smallest absolute Gasteiger partial charge is 0.264 e. The minimum atomic E-state index is -3.94. The Morgan fingerprint density at radius 1 is 0.882 bits per heavy atom. The largest absolute Gasteiger partial charge is 0.336 e. The normalized spacial score (nSPS) is 15.4. The number of nitriles is 1. The summed E-state index contributed by atoms with van der Waals surface area (Å²) in [5.74, 6) is -0.325. The van der Waals surface area contributed by atoms with Gasteiger partial charge in [-0.15, -0.1) is 0 Å². The summed E-state index contributed by atoms with van der Waals surface area (Å²) in [4.78, 5) is 17.1. The number of rotatable bonds is 6. The monoisotopic (exact) mass is 474 g/mol. The van der Waals surface area contributed by atoms with E-state index >= 15 is 0 Å². The second kappa shape index (κ2) is 10.1. The van der Waals surface area contributed by atoms with E-state index in [1.165, 1.54) is 17.4 Å². The third kappa shape index (κ3) is 4.67.